The normalized spacial score (nSPS) is 30.2. The summed E-state index contributed by atoms with van der Waals surface area (Å²) in [6, 6.07) is 8.20. The van der Waals surface area contributed by atoms with Crippen LogP contribution in [0.1, 0.15) is 32.3 Å². The quantitative estimate of drug-likeness (QED) is 0.811. The lowest BCUT2D eigenvalue weighted by molar-refractivity contribution is 0.198. The molecule has 3 N–H and O–H groups in total. The van der Waals surface area contributed by atoms with Crippen molar-refractivity contribution in [3.05, 3.63) is 29.8 Å². The summed E-state index contributed by atoms with van der Waals surface area (Å²) in [7, 11) is 0. The minimum Gasteiger partial charge on any atom is -0.494 e. The molecule has 0 aliphatic heterocycles. The maximum atomic E-state index is 9.52. The van der Waals surface area contributed by atoms with Crippen LogP contribution in [0.15, 0.2) is 24.3 Å². The first-order valence-corrected chi connectivity index (χ1v) is 6.66. The van der Waals surface area contributed by atoms with Crippen LogP contribution in [-0.4, -0.2) is 24.9 Å². The molecule has 1 aromatic rings. The lowest BCUT2D eigenvalue weighted by Crippen LogP contribution is -2.27. The smallest absolute Gasteiger partial charge is 0.119 e. The molecule has 0 radical (unpaired) electrons. The van der Waals surface area contributed by atoms with Crippen LogP contribution in [0.3, 0.4) is 0 Å². The van der Waals surface area contributed by atoms with Gasteiger partial charge < -0.3 is 15.6 Å². The van der Waals surface area contributed by atoms with Crippen LogP contribution in [0.5, 0.6) is 5.75 Å². The Balaban J connectivity index is 2.11. The van der Waals surface area contributed by atoms with Gasteiger partial charge in [0.25, 0.3) is 0 Å². The van der Waals surface area contributed by atoms with Gasteiger partial charge in [0.15, 0.2) is 0 Å². The van der Waals surface area contributed by atoms with Gasteiger partial charge in [-0.05, 0) is 30.5 Å². The van der Waals surface area contributed by atoms with E-state index in [0.717, 1.165) is 25.2 Å². The highest BCUT2D eigenvalue weighted by molar-refractivity contribution is 5.40. The van der Waals surface area contributed by atoms with E-state index in [1.54, 1.807) is 0 Å². The molecule has 0 amide bonds. The van der Waals surface area contributed by atoms with Crippen molar-refractivity contribution in [2.24, 2.45) is 11.1 Å². The predicted molar refractivity (Wildman–Crippen MR) is 72.8 cm³/mol. The molecule has 0 bridgehead atoms. The van der Waals surface area contributed by atoms with Gasteiger partial charge in [0.2, 0.25) is 0 Å². The van der Waals surface area contributed by atoms with Crippen LogP contribution in [0.2, 0.25) is 0 Å². The molecule has 1 saturated carbocycles. The molecule has 2 atom stereocenters. The predicted octanol–water partition coefficient (Wildman–Crippen LogP) is 2.07. The number of hydrogen-bond donors (Lipinski definition) is 2. The molecular weight excluding hydrogens is 226 g/mol. The second-order valence-corrected chi connectivity index (χ2v) is 5.52. The Morgan fingerprint density at radius 3 is 2.44 bits per heavy atom. The van der Waals surface area contributed by atoms with Gasteiger partial charge in [-0.15, -0.1) is 0 Å². The summed E-state index contributed by atoms with van der Waals surface area (Å²) in [5.74, 6) is 0.909. The molecule has 3 heteroatoms. The number of ether oxygens (including phenoxy) is 1. The lowest BCUT2D eigenvalue weighted by atomic mass is 9.88. The van der Waals surface area contributed by atoms with Crippen LogP contribution in [0.4, 0.5) is 0 Å². The van der Waals surface area contributed by atoms with E-state index in [0.29, 0.717) is 6.54 Å². The molecule has 1 aromatic carbocycles. The maximum absolute atomic E-state index is 9.52. The average molecular weight is 249 g/mol. The van der Waals surface area contributed by atoms with Crippen molar-refractivity contribution in [3.8, 4) is 5.75 Å². The summed E-state index contributed by atoms with van der Waals surface area (Å²) < 4.78 is 5.57. The molecule has 3 nitrogen and oxygen atoms in total. The monoisotopic (exact) mass is 249 g/mol. The third kappa shape index (κ3) is 2.02. The van der Waals surface area contributed by atoms with Crippen molar-refractivity contribution >= 4 is 0 Å². The van der Waals surface area contributed by atoms with Crippen LogP contribution in [-0.2, 0) is 5.41 Å². The molecule has 18 heavy (non-hydrogen) atoms. The first-order valence-electron chi connectivity index (χ1n) is 6.66. The summed E-state index contributed by atoms with van der Waals surface area (Å²) in [5.41, 5.74) is 6.93. The van der Waals surface area contributed by atoms with Gasteiger partial charge in [0.1, 0.15) is 5.75 Å². The first kappa shape index (κ1) is 13.4. The molecule has 1 aliphatic carbocycles. The van der Waals surface area contributed by atoms with E-state index < -0.39 is 0 Å². The minimum absolute atomic E-state index is 0.0137. The zero-order chi connectivity index (χ0) is 13.2. The van der Waals surface area contributed by atoms with Crippen molar-refractivity contribution in [2.45, 2.75) is 32.1 Å². The average Bonchev–Trinajstić information content (AvgIpc) is 3.04. The molecule has 0 aromatic heterocycles. The fourth-order valence-electron chi connectivity index (χ4n) is 2.77. The van der Waals surface area contributed by atoms with Crippen molar-refractivity contribution < 1.29 is 9.84 Å². The van der Waals surface area contributed by atoms with E-state index in [9.17, 15) is 5.11 Å². The standard InChI is InChI=1S/C15H23NO2/c1-3-8-18-13-6-4-12(5-7-13)14(2)9-15(14,10-16)11-17/h4-7,17H,3,8-11,16H2,1-2H3. The van der Waals surface area contributed by atoms with Crippen molar-refractivity contribution in [1.82, 2.24) is 0 Å². The SMILES string of the molecule is CCCOc1ccc(C2(C)CC2(CN)CO)cc1. The first-order chi connectivity index (χ1) is 8.62. The van der Waals surface area contributed by atoms with Crippen molar-refractivity contribution in [1.29, 1.82) is 0 Å². The lowest BCUT2D eigenvalue weighted by Gasteiger charge is -2.20. The third-order valence-electron chi connectivity index (χ3n) is 4.40. The Kier molecular flexibility index (Phi) is 3.64. The number of aliphatic hydroxyl groups is 1. The number of hydrogen-bond acceptors (Lipinski definition) is 3. The van der Waals surface area contributed by atoms with Gasteiger partial charge in [-0.1, -0.05) is 26.0 Å². The summed E-state index contributed by atoms with van der Waals surface area (Å²) in [6.45, 7) is 5.72. The van der Waals surface area contributed by atoms with E-state index in [4.69, 9.17) is 10.5 Å². The van der Waals surface area contributed by atoms with E-state index in [1.165, 1.54) is 5.56 Å². The Hall–Kier alpha value is -1.06. The van der Waals surface area contributed by atoms with E-state index in [-0.39, 0.29) is 17.4 Å². The largest absolute Gasteiger partial charge is 0.494 e. The Bertz CT molecular complexity index is 397. The second-order valence-electron chi connectivity index (χ2n) is 5.52. The van der Waals surface area contributed by atoms with E-state index in [1.807, 2.05) is 12.1 Å². The van der Waals surface area contributed by atoms with Gasteiger partial charge in [0, 0.05) is 17.4 Å². The third-order valence-corrected chi connectivity index (χ3v) is 4.40. The zero-order valence-electron chi connectivity index (χ0n) is 11.3. The van der Waals surface area contributed by atoms with Crippen molar-refractivity contribution in [3.63, 3.8) is 0 Å². The number of rotatable bonds is 6. The van der Waals surface area contributed by atoms with Crippen LogP contribution in [0, 0.1) is 5.41 Å². The molecule has 2 rings (SSSR count). The fourth-order valence-corrected chi connectivity index (χ4v) is 2.77. The summed E-state index contributed by atoms with van der Waals surface area (Å²) in [6.07, 6.45) is 1.97. The van der Waals surface area contributed by atoms with Gasteiger partial charge in [0.05, 0.1) is 13.2 Å². The summed E-state index contributed by atoms with van der Waals surface area (Å²) >= 11 is 0. The number of benzene rings is 1. The molecule has 2 unspecified atom stereocenters. The minimum atomic E-state index is -0.126. The zero-order valence-corrected chi connectivity index (χ0v) is 11.3. The summed E-state index contributed by atoms with van der Waals surface area (Å²) in [4.78, 5) is 0. The van der Waals surface area contributed by atoms with E-state index in [2.05, 4.69) is 26.0 Å². The highest BCUT2D eigenvalue weighted by Gasteiger charge is 2.63. The number of nitrogens with two attached hydrogens (primary N) is 1. The highest BCUT2D eigenvalue weighted by Crippen LogP contribution is 2.63. The highest BCUT2D eigenvalue weighted by atomic mass is 16.5. The molecule has 1 fully saturated rings. The molecular formula is C15H23NO2. The van der Waals surface area contributed by atoms with Crippen LogP contribution in [0.25, 0.3) is 0 Å². The van der Waals surface area contributed by atoms with Gasteiger partial charge >= 0.3 is 0 Å². The van der Waals surface area contributed by atoms with Crippen molar-refractivity contribution in [2.75, 3.05) is 19.8 Å². The Labute approximate surface area is 109 Å². The van der Waals surface area contributed by atoms with Gasteiger partial charge in [-0.3, -0.25) is 0 Å². The number of aliphatic hydroxyl groups excluding tert-OH is 1. The van der Waals surface area contributed by atoms with Crippen LogP contribution < -0.4 is 10.5 Å². The van der Waals surface area contributed by atoms with Gasteiger partial charge in [-0.2, -0.15) is 0 Å². The Morgan fingerprint density at radius 2 is 2.00 bits per heavy atom. The molecule has 0 spiro atoms. The van der Waals surface area contributed by atoms with Crippen LogP contribution >= 0.6 is 0 Å². The molecule has 0 saturated heterocycles. The second kappa shape index (κ2) is 4.90. The van der Waals surface area contributed by atoms with Gasteiger partial charge in [-0.25, -0.2) is 0 Å². The molecule has 100 valence electrons. The molecule has 0 heterocycles. The Morgan fingerprint density at radius 1 is 1.33 bits per heavy atom. The fraction of sp³-hybridized carbons (Fsp3) is 0.600. The summed E-state index contributed by atoms with van der Waals surface area (Å²) in [5, 5.41) is 9.52. The topological polar surface area (TPSA) is 55.5 Å². The molecule has 1 aliphatic rings. The van der Waals surface area contributed by atoms with E-state index >= 15 is 0 Å². The maximum Gasteiger partial charge on any atom is 0.119 e.